The van der Waals surface area contributed by atoms with Crippen molar-refractivity contribution in [2.75, 3.05) is 6.61 Å². The first-order valence-corrected chi connectivity index (χ1v) is 6.67. The van der Waals surface area contributed by atoms with Gasteiger partial charge in [-0.1, -0.05) is 34.6 Å². The standard InChI is InChI=1S/C14H26O3/c1-6-11(13(15)8-3)12(7-2)14(16)17-9-10(4)5/h10-12H,6-9H2,1-5H3. The van der Waals surface area contributed by atoms with E-state index in [9.17, 15) is 9.59 Å². The smallest absolute Gasteiger partial charge is 0.309 e. The van der Waals surface area contributed by atoms with Gasteiger partial charge in [-0.25, -0.2) is 0 Å². The molecule has 0 aromatic heterocycles. The first-order valence-electron chi connectivity index (χ1n) is 6.67. The zero-order valence-corrected chi connectivity index (χ0v) is 11.8. The Morgan fingerprint density at radius 2 is 1.53 bits per heavy atom. The number of esters is 1. The highest BCUT2D eigenvalue weighted by Gasteiger charge is 2.31. The number of hydrogen-bond acceptors (Lipinski definition) is 3. The third kappa shape index (κ3) is 5.33. The van der Waals surface area contributed by atoms with E-state index >= 15 is 0 Å². The van der Waals surface area contributed by atoms with Crippen LogP contribution in [0.1, 0.15) is 53.9 Å². The molecule has 0 saturated heterocycles. The van der Waals surface area contributed by atoms with Crippen molar-refractivity contribution in [1.29, 1.82) is 0 Å². The summed E-state index contributed by atoms with van der Waals surface area (Å²) in [6.45, 7) is 10.2. The van der Waals surface area contributed by atoms with Crippen LogP contribution in [0.5, 0.6) is 0 Å². The summed E-state index contributed by atoms with van der Waals surface area (Å²) in [5, 5.41) is 0. The monoisotopic (exact) mass is 242 g/mol. The predicted molar refractivity (Wildman–Crippen MR) is 68.7 cm³/mol. The van der Waals surface area contributed by atoms with Gasteiger partial charge in [0.25, 0.3) is 0 Å². The van der Waals surface area contributed by atoms with Gasteiger partial charge in [0.15, 0.2) is 0 Å². The van der Waals surface area contributed by atoms with Gasteiger partial charge in [-0.05, 0) is 18.8 Å². The number of Topliss-reactive ketones (excluding diaryl/α,β-unsaturated/α-hetero) is 1. The van der Waals surface area contributed by atoms with Gasteiger partial charge >= 0.3 is 5.97 Å². The highest BCUT2D eigenvalue weighted by atomic mass is 16.5. The Morgan fingerprint density at radius 1 is 1.00 bits per heavy atom. The van der Waals surface area contributed by atoms with Gasteiger partial charge < -0.3 is 4.74 Å². The fourth-order valence-corrected chi connectivity index (χ4v) is 1.97. The summed E-state index contributed by atoms with van der Waals surface area (Å²) in [5.74, 6) is -0.162. The predicted octanol–water partition coefficient (Wildman–Crippen LogP) is 3.22. The largest absolute Gasteiger partial charge is 0.465 e. The molecular weight excluding hydrogens is 216 g/mol. The van der Waals surface area contributed by atoms with Crippen LogP contribution in [-0.2, 0) is 14.3 Å². The van der Waals surface area contributed by atoms with E-state index in [0.717, 1.165) is 0 Å². The summed E-state index contributed by atoms with van der Waals surface area (Å²) in [5.41, 5.74) is 0. The average molecular weight is 242 g/mol. The van der Waals surface area contributed by atoms with E-state index in [0.29, 0.717) is 31.8 Å². The van der Waals surface area contributed by atoms with Gasteiger partial charge in [-0.2, -0.15) is 0 Å². The second-order valence-corrected chi connectivity index (χ2v) is 4.87. The number of ketones is 1. The molecule has 0 rings (SSSR count). The molecule has 0 saturated carbocycles. The number of hydrogen-bond donors (Lipinski definition) is 0. The molecule has 100 valence electrons. The Bertz CT molecular complexity index is 246. The summed E-state index contributed by atoms with van der Waals surface area (Å²) >= 11 is 0. The maximum absolute atomic E-state index is 11.9. The zero-order chi connectivity index (χ0) is 13.4. The maximum Gasteiger partial charge on any atom is 0.309 e. The fraction of sp³-hybridized carbons (Fsp3) is 0.857. The third-order valence-corrected chi connectivity index (χ3v) is 2.99. The van der Waals surface area contributed by atoms with E-state index in [1.807, 2.05) is 34.6 Å². The SMILES string of the molecule is CCC(=O)C(CC)C(CC)C(=O)OCC(C)C. The first kappa shape index (κ1) is 16.1. The summed E-state index contributed by atoms with van der Waals surface area (Å²) < 4.78 is 5.24. The van der Waals surface area contributed by atoms with Crippen LogP contribution in [0.25, 0.3) is 0 Å². The Hall–Kier alpha value is -0.860. The molecule has 0 aliphatic heterocycles. The van der Waals surface area contributed by atoms with Crippen molar-refractivity contribution < 1.29 is 14.3 Å². The second-order valence-electron chi connectivity index (χ2n) is 4.87. The summed E-state index contributed by atoms with van der Waals surface area (Å²) in [6.07, 6.45) is 1.87. The van der Waals surface area contributed by atoms with Gasteiger partial charge in [0, 0.05) is 12.3 Å². The molecule has 0 aliphatic rings. The molecule has 0 bridgehead atoms. The number of ether oxygens (including phenoxy) is 1. The van der Waals surface area contributed by atoms with Crippen LogP contribution in [0.3, 0.4) is 0 Å². The molecule has 0 aliphatic carbocycles. The zero-order valence-electron chi connectivity index (χ0n) is 11.8. The Balaban J connectivity index is 4.56. The van der Waals surface area contributed by atoms with Gasteiger partial charge in [-0.15, -0.1) is 0 Å². The molecule has 0 N–H and O–H groups in total. The lowest BCUT2D eigenvalue weighted by molar-refractivity contribution is -0.154. The lowest BCUT2D eigenvalue weighted by Crippen LogP contribution is -2.31. The summed E-state index contributed by atoms with van der Waals surface area (Å²) in [7, 11) is 0. The molecule has 17 heavy (non-hydrogen) atoms. The van der Waals surface area contributed by atoms with E-state index in [4.69, 9.17) is 4.74 Å². The van der Waals surface area contributed by atoms with Crippen LogP contribution in [0.4, 0.5) is 0 Å². The van der Waals surface area contributed by atoms with Crippen LogP contribution >= 0.6 is 0 Å². The molecule has 0 aromatic rings. The van der Waals surface area contributed by atoms with Crippen molar-refractivity contribution in [1.82, 2.24) is 0 Å². The highest BCUT2D eigenvalue weighted by molar-refractivity contribution is 5.86. The van der Waals surface area contributed by atoms with Gasteiger partial charge in [-0.3, -0.25) is 9.59 Å². The molecule has 0 heterocycles. The van der Waals surface area contributed by atoms with Crippen LogP contribution in [0.2, 0.25) is 0 Å². The average Bonchev–Trinajstić information content (AvgIpc) is 2.31. The molecule has 3 heteroatoms. The van der Waals surface area contributed by atoms with E-state index in [1.54, 1.807) is 0 Å². The van der Waals surface area contributed by atoms with Crippen molar-refractivity contribution in [3.63, 3.8) is 0 Å². The molecule has 0 spiro atoms. The summed E-state index contributed by atoms with van der Waals surface area (Å²) in [4.78, 5) is 23.7. The molecule has 0 amide bonds. The quantitative estimate of drug-likeness (QED) is 0.614. The second kappa shape index (κ2) is 8.26. The lowest BCUT2D eigenvalue weighted by atomic mass is 9.84. The molecule has 2 unspecified atom stereocenters. The van der Waals surface area contributed by atoms with E-state index in [2.05, 4.69) is 0 Å². The number of carbonyl (C=O) groups excluding carboxylic acids is 2. The Labute approximate surface area is 105 Å². The lowest BCUT2D eigenvalue weighted by Gasteiger charge is -2.22. The van der Waals surface area contributed by atoms with Crippen molar-refractivity contribution in [2.24, 2.45) is 17.8 Å². The van der Waals surface area contributed by atoms with Crippen molar-refractivity contribution in [3.05, 3.63) is 0 Å². The highest BCUT2D eigenvalue weighted by Crippen LogP contribution is 2.23. The Kier molecular flexibility index (Phi) is 7.85. The van der Waals surface area contributed by atoms with E-state index < -0.39 is 0 Å². The molecule has 0 aromatic carbocycles. The van der Waals surface area contributed by atoms with Crippen LogP contribution in [-0.4, -0.2) is 18.4 Å². The number of carbonyl (C=O) groups is 2. The van der Waals surface area contributed by atoms with Crippen LogP contribution in [0, 0.1) is 17.8 Å². The third-order valence-electron chi connectivity index (χ3n) is 2.99. The molecule has 2 atom stereocenters. The molecular formula is C14H26O3. The first-order chi connectivity index (χ1) is 7.97. The van der Waals surface area contributed by atoms with Crippen LogP contribution in [0.15, 0.2) is 0 Å². The molecule has 3 nitrogen and oxygen atoms in total. The minimum absolute atomic E-state index is 0.167. The van der Waals surface area contributed by atoms with Crippen molar-refractivity contribution in [2.45, 2.75) is 53.9 Å². The van der Waals surface area contributed by atoms with E-state index in [-0.39, 0.29) is 23.6 Å². The normalized spacial score (nSPS) is 14.5. The summed E-state index contributed by atoms with van der Waals surface area (Å²) in [6, 6.07) is 0. The van der Waals surface area contributed by atoms with Crippen molar-refractivity contribution in [3.8, 4) is 0 Å². The minimum atomic E-state index is -0.272. The fourth-order valence-electron chi connectivity index (χ4n) is 1.97. The number of rotatable bonds is 8. The molecule has 0 radical (unpaired) electrons. The van der Waals surface area contributed by atoms with Gasteiger partial charge in [0.05, 0.1) is 12.5 Å². The Morgan fingerprint density at radius 3 is 1.88 bits per heavy atom. The molecule has 0 fully saturated rings. The maximum atomic E-state index is 11.9. The topological polar surface area (TPSA) is 43.4 Å². The van der Waals surface area contributed by atoms with Crippen LogP contribution < -0.4 is 0 Å². The minimum Gasteiger partial charge on any atom is -0.465 e. The van der Waals surface area contributed by atoms with E-state index in [1.165, 1.54) is 0 Å². The van der Waals surface area contributed by atoms with Gasteiger partial charge in [0.1, 0.15) is 5.78 Å². The van der Waals surface area contributed by atoms with Gasteiger partial charge in [0.2, 0.25) is 0 Å². The van der Waals surface area contributed by atoms with Crippen molar-refractivity contribution >= 4 is 11.8 Å².